The summed E-state index contributed by atoms with van der Waals surface area (Å²) in [7, 11) is 1.73. The van der Waals surface area contributed by atoms with Gasteiger partial charge in [0.2, 0.25) is 5.69 Å². The Morgan fingerprint density at radius 1 is 0.889 bits per heavy atom. The molecule has 5 aromatic rings. The fraction of sp³-hybridized carbons (Fsp3) is 0.160. The highest BCUT2D eigenvalue weighted by Crippen LogP contribution is 2.42. The molecule has 0 saturated heterocycles. The van der Waals surface area contributed by atoms with E-state index in [1.165, 1.54) is 12.3 Å². The third kappa shape index (κ3) is 2.23. The first-order chi connectivity index (χ1) is 15.5. The van der Waals surface area contributed by atoms with E-state index >= 15 is 0 Å². The number of furan rings is 1. The molecule has 0 amide bonds. The van der Waals surface area contributed by atoms with E-state index in [9.17, 15) is 0 Å². The summed E-state index contributed by atoms with van der Waals surface area (Å²) in [6.45, 7) is -3.14. The van der Waals surface area contributed by atoms with Crippen molar-refractivity contribution in [1.82, 2.24) is 0 Å². The monoisotopic (exact) mass is 358 g/mol. The SMILES string of the molecule is [2H]C([2H])([2H])c1cc(-c2c(C)c3ccccc3c3c2oc2ccccc23)[n+](C)cc1C([2H])([2H])[2H]. The number of nitrogens with zero attached hydrogens (tertiary/aromatic N) is 1. The molecule has 2 nitrogen and oxygen atoms in total. The third-order valence-corrected chi connectivity index (χ3v) is 5.33. The van der Waals surface area contributed by atoms with Gasteiger partial charge in [0, 0.05) is 30.6 Å². The molecule has 0 N–H and O–H groups in total. The molecule has 0 radical (unpaired) electrons. The number of hydrogen-bond acceptors (Lipinski definition) is 1. The van der Waals surface area contributed by atoms with Crippen LogP contribution >= 0.6 is 0 Å². The number of pyridine rings is 1. The Balaban J connectivity index is 1.98. The van der Waals surface area contributed by atoms with Gasteiger partial charge in [0.05, 0.1) is 5.56 Å². The predicted molar refractivity (Wildman–Crippen MR) is 112 cm³/mol. The highest BCUT2D eigenvalue weighted by atomic mass is 16.3. The fourth-order valence-corrected chi connectivity index (χ4v) is 4.03. The quantitative estimate of drug-likeness (QED) is 0.328. The van der Waals surface area contributed by atoms with Crippen LogP contribution in [0.15, 0.2) is 65.2 Å². The number of para-hydroxylation sites is 1. The van der Waals surface area contributed by atoms with Gasteiger partial charge in [0.25, 0.3) is 0 Å². The number of rotatable bonds is 1. The number of aromatic nitrogens is 1. The molecule has 0 bridgehead atoms. The van der Waals surface area contributed by atoms with Gasteiger partial charge in [-0.25, -0.2) is 4.57 Å². The molecule has 0 aliphatic carbocycles. The minimum Gasteiger partial charge on any atom is -0.455 e. The van der Waals surface area contributed by atoms with Gasteiger partial charge in [-0.1, -0.05) is 42.5 Å². The second kappa shape index (κ2) is 5.68. The Morgan fingerprint density at radius 3 is 2.37 bits per heavy atom. The lowest BCUT2D eigenvalue weighted by molar-refractivity contribution is -0.660. The molecule has 3 aromatic carbocycles. The first-order valence-electron chi connectivity index (χ1n) is 11.9. The Bertz CT molecular complexity index is 1560. The van der Waals surface area contributed by atoms with Crippen molar-refractivity contribution in [2.75, 3.05) is 0 Å². The van der Waals surface area contributed by atoms with Crippen molar-refractivity contribution in [3.8, 4) is 11.3 Å². The van der Waals surface area contributed by atoms with Crippen molar-refractivity contribution >= 4 is 32.7 Å². The smallest absolute Gasteiger partial charge is 0.216 e. The van der Waals surface area contributed by atoms with Gasteiger partial charge in [-0.3, -0.25) is 0 Å². The van der Waals surface area contributed by atoms with Crippen LogP contribution in [0.4, 0.5) is 0 Å². The standard InChI is InChI=1S/C25H22NO/c1-15-13-21(26(4)14-16(15)2)23-17(3)18-9-5-6-10-19(18)24-20-11-7-8-12-22(20)27-25(23)24/h5-14H,1-4H3/q+1/i1D3,2D3. The summed E-state index contributed by atoms with van der Waals surface area (Å²) >= 11 is 0. The zero-order valence-electron chi connectivity index (χ0n) is 21.1. The minimum atomic E-state index is -2.58. The first kappa shape index (κ1) is 10.9. The molecule has 0 fully saturated rings. The molecule has 2 heterocycles. The van der Waals surface area contributed by atoms with Gasteiger partial charge in [0.1, 0.15) is 18.2 Å². The molecule has 2 aromatic heterocycles. The maximum Gasteiger partial charge on any atom is 0.216 e. The topological polar surface area (TPSA) is 17.0 Å². The zero-order chi connectivity index (χ0) is 23.7. The summed E-state index contributed by atoms with van der Waals surface area (Å²) in [5, 5.41) is 4.01. The minimum absolute atomic E-state index is 0.173. The van der Waals surface area contributed by atoms with E-state index in [1.807, 2.05) is 49.4 Å². The summed E-state index contributed by atoms with van der Waals surface area (Å²) in [6.07, 6.45) is 1.41. The second-order valence-electron chi connectivity index (χ2n) is 6.94. The van der Waals surface area contributed by atoms with E-state index in [4.69, 9.17) is 12.6 Å². The molecule has 2 heteroatoms. The van der Waals surface area contributed by atoms with Crippen LogP contribution in [-0.2, 0) is 7.05 Å². The lowest BCUT2D eigenvalue weighted by atomic mass is 9.92. The lowest BCUT2D eigenvalue weighted by Crippen LogP contribution is -2.31. The average Bonchev–Trinajstić information content (AvgIpc) is 3.12. The van der Waals surface area contributed by atoms with Gasteiger partial charge in [-0.2, -0.15) is 0 Å². The van der Waals surface area contributed by atoms with Crippen LogP contribution < -0.4 is 4.57 Å². The fourth-order valence-electron chi connectivity index (χ4n) is 4.03. The Kier molecular flexibility index (Phi) is 2.29. The van der Waals surface area contributed by atoms with Gasteiger partial charge in [-0.15, -0.1) is 0 Å². The molecule has 0 aliphatic heterocycles. The molecule has 0 spiro atoms. The highest BCUT2D eigenvalue weighted by Gasteiger charge is 2.24. The van der Waals surface area contributed by atoms with E-state index in [0.29, 0.717) is 11.3 Å². The molecule has 0 aliphatic rings. The molecule has 0 atom stereocenters. The summed E-state index contributed by atoms with van der Waals surface area (Å²) in [6, 6.07) is 17.3. The van der Waals surface area contributed by atoms with Gasteiger partial charge in [-0.05, 0) is 48.6 Å². The van der Waals surface area contributed by atoms with Crippen LogP contribution in [0.5, 0.6) is 0 Å². The van der Waals surface area contributed by atoms with Crippen LogP contribution in [0.1, 0.15) is 24.9 Å². The van der Waals surface area contributed by atoms with Crippen molar-refractivity contribution in [1.29, 1.82) is 0 Å². The van der Waals surface area contributed by atoms with Crippen molar-refractivity contribution < 1.29 is 17.2 Å². The molecule has 0 saturated carbocycles. The number of fused-ring (bicyclic) bond motifs is 5. The van der Waals surface area contributed by atoms with E-state index in [2.05, 4.69) is 6.07 Å². The van der Waals surface area contributed by atoms with Crippen LogP contribution in [0.3, 0.4) is 0 Å². The molecular formula is C25H22NO+. The van der Waals surface area contributed by atoms with E-state index in [1.54, 1.807) is 11.6 Å². The lowest BCUT2D eigenvalue weighted by Gasteiger charge is -2.11. The van der Waals surface area contributed by atoms with Crippen LogP contribution in [0.25, 0.3) is 44.0 Å². The normalized spacial score (nSPS) is 15.9. The third-order valence-electron chi connectivity index (χ3n) is 5.33. The van der Waals surface area contributed by atoms with E-state index < -0.39 is 13.7 Å². The molecule has 5 rings (SSSR count). The Morgan fingerprint density at radius 2 is 1.59 bits per heavy atom. The second-order valence-corrected chi connectivity index (χ2v) is 6.94. The van der Waals surface area contributed by atoms with Gasteiger partial charge in [0.15, 0.2) is 6.20 Å². The van der Waals surface area contributed by atoms with Gasteiger partial charge < -0.3 is 4.42 Å². The summed E-state index contributed by atoms with van der Waals surface area (Å²) in [5.74, 6) is 0. The maximum absolute atomic E-state index is 8.01. The Labute approximate surface area is 167 Å². The average molecular weight is 358 g/mol. The Hall–Kier alpha value is -3.13. The highest BCUT2D eigenvalue weighted by molar-refractivity contribution is 6.23. The summed E-state index contributed by atoms with van der Waals surface area (Å²) < 4.78 is 55.7. The summed E-state index contributed by atoms with van der Waals surface area (Å²) in [5.41, 5.74) is 3.32. The largest absolute Gasteiger partial charge is 0.455 e. The number of aryl methyl sites for hydroxylation is 4. The van der Waals surface area contributed by atoms with E-state index in [0.717, 1.165) is 38.3 Å². The number of benzene rings is 3. The van der Waals surface area contributed by atoms with Crippen molar-refractivity contribution in [2.45, 2.75) is 20.6 Å². The van der Waals surface area contributed by atoms with Crippen LogP contribution in [0, 0.1) is 20.6 Å². The van der Waals surface area contributed by atoms with Gasteiger partial charge >= 0.3 is 0 Å². The summed E-state index contributed by atoms with van der Waals surface area (Å²) in [4.78, 5) is 0. The first-order valence-corrected chi connectivity index (χ1v) is 8.86. The molecule has 0 unspecified atom stereocenters. The van der Waals surface area contributed by atoms with Crippen molar-refractivity contribution in [3.63, 3.8) is 0 Å². The van der Waals surface area contributed by atoms with E-state index in [-0.39, 0.29) is 11.1 Å². The zero-order valence-corrected chi connectivity index (χ0v) is 15.1. The van der Waals surface area contributed by atoms with Crippen molar-refractivity contribution in [3.05, 3.63) is 77.5 Å². The van der Waals surface area contributed by atoms with Crippen molar-refractivity contribution in [2.24, 2.45) is 7.05 Å². The molecule has 27 heavy (non-hydrogen) atoms. The molecule has 132 valence electrons. The van der Waals surface area contributed by atoms with Crippen LogP contribution in [0.2, 0.25) is 0 Å². The number of hydrogen-bond donors (Lipinski definition) is 0. The predicted octanol–water partition coefficient (Wildman–Crippen LogP) is 6.16. The van der Waals surface area contributed by atoms with Crippen LogP contribution in [-0.4, -0.2) is 0 Å². The molecular weight excluding hydrogens is 330 g/mol. The maximum atomic E-state index is 8.01.